The van der Waals surface area contributed by atoms with Gasteiger partial charge in [0.2, 0.25) is 0 Å². The third-order valence-corrected chi connectivity index (χ3v) is 1.35. The molecule has 0 aliphatic rings. The highest BCUT2D eigenvalue weighted by Crippen LogP contribution is 2.08. The van der Waals surface area contributed by atoms with Gasteiger partial charge in [-0.3, -0.25) is 0 Å². The van der Waals surface area contributed by atoms with Crippen LogP contribution in [0.5, 0.6) is 0 Å². The van der Waals surface area contributed by atoms with Crippen molar-refractivity contribution in [1.29, 1.82) is 0 Å². The van der Waals surface area contributed by atoms with Crippen LogP contribution in [0.25, 0.3) is 0 Å². The molecule has 0 saturated heterocycles. The predicted molar refractivity (Wildman–Crippen MR) is 58.4 cm³/mol. The zero-order chi connectivity index (χ0) is 10.4. The van der Waals surface area contributed by atoms with E-state index in [0.29, 0.717) is 0 Å². The SMILES string of the molecule is C=CCC(C)CCC.CC.CO. The molecule has 0 heterocycles. The minimum Gasteiger partial charge on any atom is -0.400 e. The molecule has 1 N–H and O–H groups in total. The summed E-state index contributed by atoms with van der Waals surface area (Å²) < 4.78 is 0. The molecule has 1 heteroatoms. The lowest BCUT2D eigenvalue weighted by Crippen LogP contribution is -1.89. The fourth-order valence-electron chi connectivity index (χ4n) is 0.895. The van der Waals surface area contributed by atoms with Gasteiger partial charge in [-0.15, -0.1) is 6.58 Å². The van der Waals surface area contributed by atoms with Crippen LogP contribution in [0.2, 0.25) is 0 Å². The Morgan fingerprint density at radius 1 is 1.33 bits per heavy atom. The van der Waals surface area contributed by atoms with Gasteiger partial charge in [-0.05, 0) is 12.3 Å². The van der Waals surface area contributed by atoms with E-state index >= 15 is 0 Å². The zero-order valence-corrected chi connectivity index (χ0v) is 9.43. The molecular weight excluding hydrogens is 148 g/mol. The third-order valence-electron chi connectivity index (χ3n) is 1.35. The predicted octanol–water partition coefficient (Wildman–Crippen LogP) is 3.63. The van der Waals surface area contributed by atoms with E-state index in [1.165, 1.54) is 19.3 Å². The highest BCUT2D eigenvalue weighted by atomic mass is 16.2. The molecule has 0 rings (SSSR count). The first-order chi connectivity index (χ1) is 5.81. The summed E-state index contributed by atoms with van der Waals surface area (Å²) in [5.74, 6) is 0.845. The fourth-order valence-corrected chi connectivity index (χ4v) is 0.895. The molecule has 0 saturated carbocycles. The van der Waals surface area contributed by atoms with Crippen molar-refractivity contribution in [2.45, 2.75) is 47.0 Å². The van der Waals surface area contributed by atoms with Crippen molar-refractivity contribution in [1.82, 2.24) is 0 Å². The highest BCUT2D eigenvalue weighted by molar-refractivity contribution is 4.69. The summed E-state index contributed by atoms with van der Waals surface area (Å²) in [5.41, 5.74) is 0. The fraction of sp³-hybridized carbons (Fsp3) is 0.818. The Labute approximate surface area is 78.5 Å². The maximum Gasteiger partial charge on any atom is 0.0319 e. The summed E-state index contributed by atoms with van der Waals surface area (Å²) in [6.07, 6.45) is 5.81. The van der Waals surface area contributed by atoms with Crippen molar-refractivity contribution in [3.8, 4) is 0 Å². The van der Waals surface area contributed by atoms with E-state index in [9.17, 15) is 0 Å². The van der Waals surface area contributed by atoms with Crippen LogP contribution >= 0.6 is 0 Å². The van der Waals surface area contributed by atoms with Crippen LogP contribution in [0.4, 0.5) is 0 Å². The third kappa shape index (κ3) is 22.6. The van der Waals surface area contributed by atoms with Crippen molar-refractivity contribution in [2.24, 2.45) is 5.92 Å². The van der Waals surface area contributed by atoms with Gasteiger partial charge < -0.3 is 5.11 Å². The summed E-state index contributed by atoms with van der Waals surface area (Å²) >= 11 is 0. The normalized spacial score (nSPS) is 9.83. The molecule has 0 aliphatic heterocycles. The summed E-state index contributed by atoms with van der Waals surface area (Å²) in [5, 5.41) is 7.00. The lowest BCUT2D eigenvalue weighted by molar-refractivity contribution is 0.399. The molecule has 0 fully saturated rings. The molecule has 0 aromatic heterocycles. The smallest absolute Gasteiger partial charge is 0.0319 e. The second-order valence-corrected chi connectivity index (χ2v) is 2.42. The van der Waals surface area contributed by atoms with Crippen LogP contribution in [-0.2, 0) is 0 Å². The zero-order valence-electron chi connectivity index (χ0n) is 9.43. The van der Waals surface area contributed by atoms with Crippen molar-refractivity contribution in [3.05, 3.63) is 12.7 Å². The van der Waals surface area contributed by atoms with Gasteiger partial charge in [0.15, 0.2) is 0 Å². The molecule has 0 aromatic carbocycles. The molecule has 0 aromatic rings. The van der Waals surface area contributed by atoms with Crippen molar-refractivity contribution >= 4 is 0 Å². The maximum atomic E-state index is 7.00. The molecule has 76 valence electrons. The largest absolute Gasteiger partial charge is 0.400 e. The molecule has 1 atom stereocenters. The average molecular weight is 174 g/mol. The Balaban J connectivity index is -0.000000175. The van der Waals surface area contributed by atoms with Crippen LogP contribution in [0.3, 0.4) is 0 Å². The van der Waals surface area contributed by atoms with Crippen LogP contribution < -0.4 is 0 Å². The van der Waals surface area contributed by atoms with Crippen molar-refractivity contribution in [2.75, 3.05) is 7.11 Å². The van der Waals surface area contributed by atoms with Crippen molar-refractivity contribution < 1.29 is 5.11 Å². The lowest BCUT2D eigenvalue weighted by atomic mass is 10.0. The number of rotatable bonds is 4. The molecule has 0 radical (unpaired) electrons. The summed E-state index contributed by atoms with van der Waals surface area (Å²) in [4.78, 5) is 0. The maximum absolute atomic E-state index is 7.00. The molecule has 1 unspecified atom stereocenters. The van der Waals surface area contributed by atoms with Crippen LogP contribution in [-0.4, -0.2) is 12.2 Å². The first kappa shape index (κ1) is 17.7. The van der Waals surface area contributed by atoms with Crippen LogP contribution in [0.15, 0.2) is 12.7 Å². The van der Waals surface area contributed by atoms with Gasteiger partial charge in [-0.2, -0.15) is 0 Å². The van der Waals surface area contributed by atoms with Gasteiger partial charge in [0.25, 0.3) is 0 Å². The number of aliphatic hydroxyl groups excluding tert-OH is 1. The Bertz CT molecular complexity index is 60.0. The first-order valence-electron chi connectivity index (χ1n) is 4.86. The Morgan fingerprint density at radius 2 is 1.75 bits per heavy atom. The summed E-state index contributed by atoms with van der Waals surface area (Å²) in [7, 11) is 1.00. The summed E-state index contributed by atoms with van der Waals surface area (Å²) in [6.45, 7) is 12.2. The topological polar surface area (TPSA) is 20.2 Å². The average Bonchev–Trinajstić information content (AvgIpc) is 2.12. The van der Waals surface area contributed by atoms with E-state index in [1.54, 1.807) is 0 Å². The Morgan fingerprint density at radius 3 is 2.00 bits per heavy atom. The van der Waals surface area contributed by atoms with Gasteiger partial charge in [0.05, 0.1) is 0 Å². The molecule has 0 spiro atoms. The second kappa shape index (κ2) is 22.4. The van der Waals surface area contributed by atoms with Gasteiger partial charge >= 0.3 is 0 Å². The first-order valence-corrected chi connectivity index (χ1v) is 4.86. The van der Waals surface area contributed by atoms with E-state index in [0.717, 1.165) is 13.0 Å². The van der Waals surface area contributed by atoms with E-state index < -0.39 is 0 Å². The van der Waals surface area contributed by atoms with Gasteiger partial charge in [-0.1, -0.05) is 46.6 Å². The van der Waals surface area contributed by atoms with E-state index in [4.69, 9.17) is 5.11 Å². The minimum absolute atomic E-state index is 0.845. The Kier molecular flexibility index (Phi) is 33.1. The Hall–Kier alpha value is -0.300. The van der Waals surface area contributed by atoms with Crippen LogP contribution in [0, 0.1) is 5.92 Å². The monoisotopic (exact) mass is 174 g/mol. The molecule has 1 nitrogen and oxygen atoms in total. The highest BCUT2D eigenvalue weighted by Gasteiger charge is 1.94. The van der Waals surface area contributed by atoms with E-state index in [1.807, 2.05) is 19.9 Å². The lowest BCUT2D eigenvalue weighted by Gasteiger charge is -2.03. The van der Waals surface area contributed by atoms with Crippen molar-refractivity contribution in [3.63, 3.8) is 0 Å². The number of aliphatic hydroxyl groups is 1. The molecular formula is C11H26O. The quantitative estimate of drug-likeness (QED) is 0.645. The molecule has 0 aliphatic carbocycles. The molecule has 0 amide bonds. The van der Waals surface area contributed by atoms with E-state index in [-0.39, 0.29) is 0 Å². The molecule has 12 heavy (non-hydrogen) atoms. The number of hydrogen-bond donors (Lipinski definition) is 1. The van der Waals surface area contributed by atoms with E-state index in [2.05, 4.69) is 20.4 Å². The van der Waals surface area contributed by atoms with Gasteiger partial charge in [0.1, 0.15) is 0 Å². The number of allylic oxidation sites excluding steroid dienone is 1. The van der Waals surface area contributed by atoms with Gasteiger partial charge in [0, 0.05) is 7.11 Å². The minimum atomic E-state index is 0.845. The van der Waals surface area contributed by atoms with Crippen LogP contribution in [0.1, 0.15) is 47.0 Å². The summed E-state index contributed by atoms with van der Waals surface area (Å²) in [6, 6.07) is 0. The second-order valence-electron chi connectivity index (χ2n) is 2.42. The standard InChI is InChI=1S/C8H16.C2H6.CH4O/c1-4-6-8(3)7-5-2;2*1-2/h4,8H,1,5-7H2,2-3H3;1-2H3;2H,1H3. The van der Waals surface area contributed by atoms with Gasteiger partial charge in [-0.25, -0.2) is 0 Å². The molecule has 0 bridgehead atoms. The number of hydrogen-bond acceptors (Lipinski definition) is 1.